The number of nitrogen functional groups attached to an aromatic ring is 1. The lowest BCUT2D eigenvalue weighted by molar-refractivity contribution is -0.156. The van der Waals surface area contributed by atoms with Gasteiger partial charge in [-0.15, -0.1) is 0 Å². The lowest BCUT2D eigenvalue weighted by Gasteiger charge is -2.22. The van der Waals surface area contributed by atoms with E-state index in [1.54, 1.807) is 45.0 Å². The van der Waals surface area contributed by atoms with E-state index in [-0.39, 0.29) is 0 Å². The molecule has 0 fully saturated rings. The SMILES string of the molecule is CC(C)(C)OC(=O)C(N)c1cccc(N)c1. The monoisotopic (exact) mass is 222 g/mol. The van der Waals surface area contributed by atoms with Gasteiger partial charge in [0.2, 0.25) is 0 Å². The molecular formula is C12H18N2O2. The molecule has 1 aromatic rings. The Bertz CT molecular complexity index is 383. The molecule has 1 unspecified atom stereocenters. The number of rotatable bonds is 2. The number of ether oxygens (including phenoxy) is 1. The largest absolute Gasteiger partial charge is 0.459 e. The van der Waals surface area contributed by atoms with Crippen molar-refractivity contribution < 1.29 is 9.53 Å². The van der Waals surface area contributed by atoms with Crippen molar-refractivity contribution in [1.82, 2.24) is 0 Å². The van der Waals surface area contributed by atoms with Gasteiger partial charge in [-0.1, -0.05) is 12.1 Å². The van der Waals surface area contributed by atoms with Crippen molar-refractivity contribution in [2.24, 2.45) is 5.73 Å². The number of hydrogen-bond acceptors (Lipinski definition) is 4. The minimum atomic E-state index is -0.789. The second kappa shape index (κ2) is 4.53. The number of hydrogen-bond donors (Lipinski definition) is 2. The van der Waals surface area contributed by atoms with Crippen molar-refractivity contribution in [3.63, 3.8) is 0 Å². The molecule has 1 atom stereocenters. The second-order valence-corrected chi connectivity index (χ2v) is 4.68. The summed E-state index contributed by atoms with van der Waals surface area (Å²) in [5, 5.41) is 0. The molecule has 1 aromatic carbocycles. The third kappa shape index (κ3) is 3.55. The molecule has 16 heavy (non-hydrogen) atoms. The van der Waals surface area contributed by atoms with E-state index >= 15 is 0 Å². The molecule has 4 nitrogen and oxygen atoms in total. The fourth-order valence-corrected chi connectivity index (χ4v) is 1.25. The minimum absolute atomic E-state index is 0.446. The average molecular weight is 222 g/mol. The molecule has 0 aliphatic heterocycles. The van der Waals surface area contributed by atoms with Crippen molar-refractivity contribution in [1.29, 1.82) is 0 Å². The summed E-state index contributed by atoms with van der Waals surface area (Å²) in [5.74, 6) is -0.446. The zero-order valence-corrected chi connectivity index (χ0v) is 9.86. The first-order valence-electron chi connectivity index (χ1n) is 5.13. The van der Waals surface area contributed by atoms with Crippen molar-refractivity contribution in [2.45, 2.75) is 32.4 Å². The standard InChI is InChI=1S/C12H18N2O2/c1-12(2,3)16-11(15)10(14)8-5-4-6-9(13)7-8/h4-7,10H,13-14H2,1-3H3. The normalized spacial score (nSPS) is 13.2. The molecule has 0 radical (unpaired) electrons. The smallest absolute Gasteiger partial charge is 0.328 e. The molecule has 0 amide bonds. The Labute approximate surface area is 95.6 Å². The predicted molar refractivity (Wildman–Crippen MR) is 63.6 cm³/mol. The zero-order chi connectivity index (χ0) is 12.3. The highest BCUT2D eigenvalue weighted by Gasteiger charge is 2.23. The molecule has 88 valence electrons. The highest BCUT2D eigenvalue weighted by atomic mass is 16.6. The van der Waals surface area contributed by atoms with Crippen LogP contribution in [0.25, 0.3) is 0 Å². The van der Waals surface area contributed by atoms with Gasteiger partial charge < -0.3 is 16.2 Å². The third-order valence-electron chi connectivity index (χ3n) is 1.93. The van der Waals surface area contributed by atoms with Gasteiger partial charge in [-0.25, -0.2) is 4.79 Å². The first-order chi connectivity index (χ1) is 7.29. The van der Waals surface area contributed by atoms with Crippen LogP contribution in [0.5, 0.6) is 0 Å². The molecule has 0 aliphatic carbocycles. The molecule has 0 saturated carbocycles. The van der Waals surface area contributed by atoms with Gasteiger partial charge in [0, 0.05) is 5.69 Å². The summed E-state index contributed by atoms with van der Waals surface area (Å²) in [4.78, 5) is 11.7. The van der Waals surface area contributed by atoms with Gasteiger partial charge in [-0.2, -0.15) is 0 Å². The van der Waals surface area contributed by atoms with Crippen LogP contribution in [0.15, 0.2) is 24.3 Å². The van der Waals surface area contributed by atoms with Crippen LogP contribution in [0, 0.1) is 0 Å². The Morgan fingerprint density at radius 1 is 1.38 bits per heavy atom. The molecule has 0 spiro atoms. The van der Waals surface area contributed by atoms with E-state index in [1.165, 1.54) is 0 Å². The number of carbonyl (C=O) groups excluding carboxylic acids is 1. The predicted octanol–water partition coefficient (Wildman–Crippen LogP) is 1.61. The van der Waals surface area contributed by atoms with Crippen molar-refractivity contribution >= 4 is 11.7 Å². The fourth-order valence-electron chi connectivity index (χ4n) is 1.25. The van der Waals surface area contributed by atoms with Gasteiger partial charge >= 0.3 is 5.97 Å². The lowest BCUT2D eigenvalue weighted by atomic mass is 10.1. The lowest BCUT2D eigenvalue weighted by Crippen LogP contribution is -2.31. The summed E-state index contributed by atoms with van der Waals surface area (Å²) < 4.78 is 5.19. The van der Waals surface area contributed by atoms with Gasteiger partial charge in [0.05, 0.1) is 0 Å². The fraction of sp³-hybridized carbons (Fsp3) is 0.417. The highest BCUT2D eigenvalue weighted by molar-refractivity contribution is 5.78. The number of anilines is 1. The van der Waals surface area contributed by atoms with Crippen LogP contribution < -0.4 is 11.5 Å². The van der Waals surface area contributed by atoms with Crippen LogP contribution in [0.3, 0.4) is 0 Å². The molecule has 0 aromatic heterocycles. The topological polar surface area (TPSA) is 78.3 Å². The summed E-state index contributed by atoms with van der Waals surface area (Å²) in [6.45, 7) is 5.41. The van der Waals surface area contributed by atoms with Crippen LogP contribution in [-0.2, 0) is 9.53 Å². The summed E-state index contributed by atoms with van der Waals surface area (Å²) in [6, 6.07) is 6.14. The first-order valence-corrected chi connectivity index (χ1v) is 5.13. The van der Waals surface area contributed by atoms with Crippen LogP contribution in [0.2, 0.25) is 0 Å². The van der Waals surface area contributed by atoms with E-state index in [0.29, 0.717) is 11.3 Å². The van der Waals surface area contributed by atoms with Gasteiger partial charge in [0.15, 0.2) is 0 Å². The maximum Gasteiger partial charge on any atom is 0.328 e. The Morgan fingerprint density at radius 2 is 2.00 bits per heavy atom. The molecule has 4 N–H and O–H groups in total. The number of nitrogens with two attached hydrogens (primary N) is 2. The summed E-state index contributed by atoms with van der Waals surface area (Å²) >= 11 is 0. The number of benzene rings is 1. The van der Waals surface area contributed by atoms with Crippen LogP contribution in [0.1, 0.15) is 32.4 Å². The molecular weight excluding hydrogens is 204 g/mol. The Hall–Kier alpha value is -1.55. The van der Waals surface area contributed by atoms with Gasteiger partial charge in [0.1, 0.15) is 11.6 Å². The van der Waals surface area contributed by atoms with Crippen molar-refractivity contribution in [3.8, 4) is 0 Å². The van der Waals surface area contributed by atoms with Crippen molar-refractivity contribution in [3.05, 3.63) is 29.8 Å². The average Bonchev–Trinajstić information content (AvgIpc) is 2.14. The van der Waals surface area contributed by atoms with Crippen LogP contribution in [0.4, 0.5) is 5.69 Å². The molecule has 1 rings (SSSR count). The van der Waals surface area contributed by atoms with E-state index in [0.717, 1.165) is 0 Å². The quantitative estimate of drug-likeness (QED) is 0.588. The summed E-state index contributed by atoms with van der Waals surface area (Å²) in [7, 11) is 0. The van der Waals surface area contributed by atoms with E-state index in [1.807, 2.05) is 0 Å². The molecule has 0 heterocycles. The minimum Gasteiger partial charge on any atom is -0.459 e. The molecule has 0 bridgehead atoms. The van der Waals surface area contributed by atoms with E-state index in [4.69, 9.17) is 16.2 Å². The van der Waals surface area contributed by atoms with E-state index in [2.05, 4.69) is 0 Å². The Kier molecular flexibility index (Phi) is 3.55. The Balaban J connectivity index is 2.78. The van der Waals surface area contributed by atoms with Gasteiger partial charge in [-0.05, 0) is 38.5 Å². The van der Waals surface area contributed by atoms with Gasteiger partial charge in [-0.3, -0.25) is 0 Å². The molecule has 0 aliphatic rings. The maximum absolute atomic E-state index is 11.7. The third-order valence-corrected chi connectivity index (χ3v) is 1.93. The maximum atomic E-state index is 11.7. The van der Waals surface area contributed by atoms with Crippen LogP contribution in [-0.4, -0.2) is 11.6 Å². The molecule has 0 saturated heterocycles. The van der Waals surface area contributed by atoms with Gasteiger partial charge in [0.25, 0.3) is 0 Å². The number of carbonyl (C=O) groups is 1. The second-order valence-electron chi connectivity index (χ2n) is 4.68. The summed E-state index contributed by atoms with van der Waals surface area (Å²) in [6.07, 6.45) is 0. The highest BCUT2D eigenvalue weighted by Crippen LogP contribution is 2.18. The summed E-state index contributed by atoms with van der Waals surface area (Å²) in [5.41, 5.74) is 12.1. The van der Waals surface area contributed by atoms with E-state index in [9.17, 15) is 4.79 Å². The van der Waals surface area contributed by atoms with Crippen molar-refractivity contribution in [2.75, 3.05) is 5.73 Å². The van der Waals surface area contributed by atoms with E-state index < -0.39 is 17.6 Å². The molecule has 4 heteroatoms. The zero-order valence-electron chi connectivity index (χ0n) is 9.86. The Morgan fingerprint density at radius 3 is 2.50 bits per heavy atom. The van der Waals surface area contributed by atoms with Crippen LogP contribution >= 0.6 is 0 Å². The first kappa shape index (κ1) is 12.5. The number of esters is 1.